The van der Waals surface area contributed by atoms with E-state index in [4.69, 9.17) is 0 Å². The number of amides is 1. The number of rotatable bonds is 4. The summed E-state index contributed by atoms with van der Waals surface area (Å²) in [5, 5.41) is 15.7. The van der Waals surface area contributed by atoms with E-state index in [1.54, 1.807) is 6.07 Å². The van der Waals surface area contributed by atoms with E-state index in [1.165, 1.54) is 6.92 Å². The summed E-state index contributed by atoms with van der Waals surface area (Å²) in [4.78, 5) is 18.8. The number of aromatic nitrogens is 3. The van der Waals surface area contributed by atoms with Crippen LogP contribution in [0.5, 0.6) is 5.75 Å². The summed E-state index contributed by atoms with van der Waals surface area (Å²) < 4.78 is 41.0. The van der Waals surface area contributed by atoms with Crippen molar-refractivity contribution in [2.24, 2.45) is 5.92 Å². The monoisotopic (exact) mass is 444 g/mol. The van der Waals surface area contributed by atoms with Gasteiger partial charge in [-0.25, -0.2) is 4.98 Å². The average Bonchev–Trinajstić information content (AvgIpc) is 3.42. The van der Waals surface area contributed by atoms with E-state index < -0.39 is 17.5 Å². The highest BCUT2D eigenvalue weighted by Crippen LogP contribution is 2.39. The molecule has 5 rings (SSSR count). The van der Waals surface area contributed by atoms with Crippen LogP contribution in [-0.2, 0) is 17.5 Å². The minimum absolute atomic E-state index is 0.191. The van der Waals surface area contributed by atoms with Crippen molar-refractivity contribution in [1.82, 2.24) is 19.7 Å². The van der Waals surface area contributed by atoms with Gasteiger partial charge in [0.25, 0.3) is 0 Å². The SMILES string of the molecule is Cc1cc(C(F)(F)F)cc(O)c1-c1ccc2c(C)n(CC3CC(=O)N(C4CC4)C3)nc2n1. The first kappa shape index (κ1) is 20.8. The van der Waals surface area contributed by atoms with Gasteiger partial charge in [-0.15, -0.1) is 0 Å². The Labute approximate surface area is 182 Å². The Hall–Kier alpha value is -3.10. The number of pyridine rings is 1. The molecule has 3 aromatic rings. The normalized spacial score (nSPS) is 19.3. The molecule has 2 aromatic heterocycles. The number of carbonyl (C=O) groups is 1. The fourth-order valence-corrected chi connectivity index (χ4v) is 4.63. The second-order valence-electron chi connectivity index (χ2n) is 8.87. The molecule has 1 N–H and O–H groups in total. The number of halogens is 3. The Balaban J connectivity index is 1.45. The highest BCUT2D eigenvalue weighted by atomic mass is 19.4. The highest BCUT2D eigenvalue weighted by molar-refractivity contribution is 5.83. The molecule has 3 heterocycles. The van der Waals surface area contributed by atoms with Crippen molar-refractivity contribution in [3.8, 4) is 17.0 Å². The standard InChI is InChI=1S/C23H23F3N4O2/c1-12-7-15(23(24,25)26)9-19(31)21(12)18-6-5-17-13(2)30(28-22(17)27-18)11-14-8-20(32)29(10-14)16-3-4-16/h5-7,9,14,16,31H,3-4,8,10-11H2,1-2H3. The van der Waals surface area contributed by atoms with Crippen LogP contribution < -0.4 is 0 Å². The first-order valence-corrected chi connectivity index (χ1v) is 10.7. The quantitative estimate of drug-likeness (QED) is 0.646. The maximum absolute atomic E-state index is 13.0. The second-order valence-corrected chi connectivity index (χ2v) is 8.87. The zero-order valence-electron chi connectivity index (χ0n) is 17.8. The van der Waals surface area contributed by atoms with Gasteiger partial charge >= 0.3 is 6.18 Å². The van der Waals surface area contributed by atoms with Crippen LogP contribution in [0.25, 0.3) is 22.3 Å². The summed E-state index contributed by atoms with van der Waals surface area (Å²) in [6, 6.07) is 5.65. The third-order valence-electron chi connectivity index (χ3n) is 6.42. The Kier molecular flexibility index (Phi) is 4.69. The van der Waals surface area contributed by atoms with Crippen LogP contribution in [0.3, 0.4) is 0 Å². The number of phenolic OH excluding ortho intramolecular Hbond substituents is 1. The zero-order valence-corrected chi connectivity index (χ0v) is 17.8. The molecule has 1 saturated carbocycles. The van der Waals surface area contributed by atoms with Gasteiger partial charge in [-0.05, 0) is 56.5 Å². The Morgan fingerprint density at radius 2 is 1.94 bits per heavy atom. The molecule has 2 aliphatic rings. The zero-order chi connectivity index (χ0) is 22.8. The van der Waals surface area contributed by atoms with Crippen LogP contribution in [0, 0.1) is 19.8 Å². The van der Waals surface area contributed by atoms with Gasteiger partial charge in [-0.1, -0.05) is 0 Å². The molecule has 0 bridgehead atoms. The molecular formula is C23H23F3N4O2. The molecule has 1 aromatic carbocycles. The molecule has 1 atom stereocenters. The lowest BCUT2D eigenvalue weighted by molar-refractivity contribution is -0.137. The summed E-state index contributed by atoms with van der Waals surface area (Å²) >= 11 is 0. The molecule has 2 fully saturated rings. The smallest absolute Gasteiger partial charge is 0.416 e. The number of aromatic hydroxyl groups is 1. The number of nitrogens with zero attached hydrogens (tertiary/aromatic N) is 4. The van der Waals surface area contributed by atoms with Crippen LogP contribution in [0.15, 0.2) is 24.3 Å². The molecule has 0 radical (unpaired) electrons. The molecule has 1 aliphatic carbocycles. The first-order chi connectivity index (χ1) is 15.1. The maximum Gasteiger partial charge on any atom is 0.416 e. The van der Waals surface area contributed by atoms with Crippen LogP contribution >= 0.6 is 0 Å². The van der Waals surface area contributed by atoms with Gasteiger partial charge in [0.1, 0.15) is 5.75 Å². The average molecular weight is 444 g/mol. The van der Waals surface area contributed by atoms with Crippen LogP contribution in [-0.4, -0.2) is 43.3 Å². The number of aryl methyl sites for hydroxylation is 2. The lowest BCUT2D eigenvalue weighted by Crippen LogP contribution is -2.27. The predicted molar refractivity (Wildman–Crippen MR) is 112 cm³/mol. The molecule has 1 amide bonds. The van der Waals surface area contributed by atoms with E-state index in [9.17, 15) is 23.1 Å². The summed E-state index contributed by atoms with van der Waals surface area (Å²) in [5.41, 5.74) is 1.39. The molecule has 1 unspecified atom stereocenters. The van der Waals surface area contributed by atoms with Crippen LogP contribution in [0.1, 0.15) is 36.1 Å². The fourth-order valence-electron chi connectivity index (χ4n) is 4.63. The molecule has 1 saturated heterocycles. The van der Waals surface area contributed by atoms with Crippen LogP contribution in [0.2, 0.25) is 0 Å². The third kappa shape index (κ3) is 3.59. The molecule has 9 heteroatoms. The Morgan fingerprint density at radius 1 is 1.19 bits per heavy atom. The number of likely N-dealkylation sites (tertiary alicyclic amines) is 1. The van der Waals surface area contributed by atoms with E-state index in [0.29, 0.717) is 30.3 Å². The number of hydrogen-bond donors (Lipinski definition) is 1. The third-order valence-corrected chi connectivity index (χ3v) is 6.42. The summed E-state index contributed by atoms with van der Waals surface area (Å²) in [6.45, 7) is 4.81. The van der Waals surface area contributed by atoms with Gasteiger partial charge in [-0.3, -0.25) is 9.48 Å². The molecule has 168 valence electrons. The van der Waals surface area contributed by atoms with Gasteiger partial charge in [0.15, 0.2) is 5.65 Å². The second kappa shape index (κ2) is 7.21. The number of hydrogen-bond acceptors (Lipinski definition) is 4. The van der Waals surface area contributed by atoms with Gasteiger partial charge in [0.05, 0.1) is 11.3 Å². The van der Waals surface area contributed by atoms with Crippen molar-refractivity contribution in [3.63, 3.8) is 0 Å². The summed E-state index contributed by atoms with van der Waals surface area (Å²) in [6.07, 6.45) is -1.84. The number of benzene rings is 1. The molecule has 0 spiro atoms. The van der Waals surface area contributed by atoms with E-state index in [0.717, 1.165) is 42.6 Å². The summed E-state index contributed by atoms with van der Waals surface area (Å²) in [7, 11) is 0. The topological polar surface area (TPSA) is 71.2 Å². The number of carbonyl (C=O) groups excluding carboxylic acids is 1. The van der Waals surface area contributed by atoms with Crippen molar-refractivity contribution in [3.05, 3.63) is 41.1 Å². The highest BCUT2D eigenvalue weighted by Gasteiger charge is 2.39. The molecule has 6 nitrogen and oxygen atoms in total. The Morgan fingerprint density at radius 3 is 2.59 bits per heavy atom. The number of phenols is 1. The van der Waals surface area contributed by atoms with Gasteiger partial charge in [-0.2, -0.15) is 18.3 Å². The van der Waals surface area contributed by atoms with Gasteiger partial charge < -0.3 is 10.0 Å². The lowest BCUT2D eigenvalue weighted by Gasteiger charge is -2.15. The van der Waals surface area contributed by atoms with Crippen LogP contribution in [0.4, 0.5) is 13.2 Å². The predicted octanol–water partition coefficient (Wildman–Crippen LogP) is 4.45. The van der Waals surface area contributed by atoms with E-state index >= 15 is 0 Å². The van der Waals surface area contributed by atoms with Gasteiger partial charge in [0.2, 0.25) is 5.91 Å². The van der Waals surface area contributed by atoms with Crippen molar-refractivity contribution >= 4 is 16.9 Å². The maximum atomic E-state index is 13.0. The van der Waals surface area contributed by atoms with Crippen molar-refractivity contribution in [2.75, 3.05) is 6.54 Å². The van der Waals surface area contributed by atoms with E-state index in [2.05, 4.69) is 10.1 Å². The Bertz CT molecular complexity index is 1210. The minimum Gasteiger partial charge on any atom is -0.507 e. The van der Waals surface area contributed by atoms with Crippen molar-refractivity contribution in [2.45, 2.75) is 51.9 Å². The number of fused-ring (bicyclic) bond motifs is 1. The van der Waals surface area contributed by atoms with Crippen molar-refractivity contribution < 1.29 is 23.1 Å². The van der Waals surface area contributed by atoms with E-state index in [-0.39, 0.29) is 23.0 Å². The fraction of sp³-hybridized carbons (Fsp3) is 0.435. The first-order valence-electron chi connectivity index (χ1n) is 10.7. The van der Waals surface area contributed by atoms with Gasteiger partial charge in [0, 0.05) is 48.1 Å². The molecule has 32 heavy (non-hydrogen) atoms. The molecule has 1 aliphatic heterocycles. The largest absolute Gasteiger partial charge is 0.507 e. The minimum atomic E-state index is -4.54. The molecular weight excluding hydrogens is 421 g/mol. The summed E-state index contributed by atoms with van der Waals surface area (Å²) in [5.74, 6) is -0.0673. The van der Waals surface area contributed by atoms with Crippen molar-refractivity contribution in [1.29, 1.82) is 0 Å². The number of alkyl halides is 3. The lowest BCUT2D eigenvalue weighted by atomic mass is 10.00. The van der Waals surface area contributed by atoms with E-state index in [1.807, 2.05) is 22.6 Å².